The number of carbonyl (C=O) groups excluding carboxylic acids is 1. The van der Waals surface area contributed by atoms with Crippen LogP contribution in [-0.4, -0.2) is 28.5 Å². The fourth-order valence-electron chi connectivity index (χ4n) is 1.96. The molecule has 0 radical (unpaired) electrons. The van der Waals surface area contributed by atoms with Gasteiger partial charge in [0.05, 0.1) is 12.2 Å². The van der Waals surface area contributed by atoms with Crippen molar-refractivity contribution in [3.63, 3.8) is 0 Å². The molecule has 0 unspecified atom stereocenters. The molecular weight excluding hydrogens is 281 g/mol. The second-order valence-corrected chi connectivity index (χ2v) is 6.10. The highest BCUT2D eigenvalue weighted by Crippen LogP contribution is 2.50. The van der Waals surface area contributed by atoms with E-state index < -0.39 is 5.97 Å². The number of aliphatic carboxylic acids is 1. The molecule has 1 aliphatic rings. The fourth-order valence-corrected chi connectivity index (χ4v) is 3.14. The van der Waals surface area contributed by atoms with E-state index in [-0.39, 0.29) is 29.3 Å². The van der Waals surface area contributed by atoms with E-state index in [0.717, 1.165) is 12.8 Å². The van der Waals surface area contributed by atoms with Gasteiger partial charge in [0.15, 0.2) is 0 Å². The number of carboxylic acids is 1. The van der Waals surface area contributed by atoms with Crippen molar-refractivity contribution in [2.75, 3.05) is 16.8 Å². The van der Waals surface area contributed by atoms with Crippen molar-refractivity contribution >= 4 is 29.3 Å². The summed E-state index contributed by atoms with van der Waals surface area (Å²) < 4.78 is 12.7. The predicted octanol–water partition coefficient (Wildman–Crippen LogP) is 2.75. The van der Waals surface area contributed by atoms with Crippen LogP contribution in [0.15, 0.2) is 24.3 Å². The Bertz CT molecular complexity index is 500. The van der Waals surface area contributed by atoms with Crippen molar-refractivity contribution in [1.82, 2.24) is 0 Å². The molecule has 1 aromatic rings. The van der Waals surface area contributed by atoms with E-state index in [4.69, 9.17) is 5.11 Å². The van der Waals surface area contributed by atoms with Crippen LogP contribution < -0.4 is 5.32 Å². The topological polar surface area (TPSA) is 66.4 Å². The van der Waals surface area contributed by atoms with Crippen molar-refractivity contribution in [1.29, 1.82) is 0 Å². The minimum absolute atomic E-state index is 0.105. The summed E-state index contributed by atoms with van der Waals surface area (Å²) in [5.41, 5.74) is 0.454. The summed E-state index contributed by atoms with van der Waals surface area (Å²) in [4.78, 5) is 22.4. The van der Waals surface area contributed by atoms with Gasteiger partial charge in [-0.05, 0) is 48.3 Å². The third-order valence-electron chi connectivity index (χ3n) is 3.25. The van der Waals surface area contributed by atoms with E-state index in [1.54, 1.807) is 0 Å². The summed E-state index contributed by atoms with van der Waals surface area (Å²) in [5, 5.41) is 11.5. The Morgan fingerprint density at radius 2 is 1.95 bits per heavy atom. The molecule has 0 heterocycles. The zero-order valence-corrected chi connectivity index (χ0v) is 11.7. The number of anilines is 1. The lowest BCUT2D eigenvalue weighted by Gasteiger charge is -2.11. The van der Waals surface area contributed by atoms with Crippen molar-refractivity contribution < 1.29 is 19.1 Å². The highest BCUT2D eigenvalue weighted by Gasteiger charge is 2.44. The normalized spacial score (nSPS) is 15.7. The molecule has 0 atom stereocenters. The maximum Gasteiger partial charge on any atom is 0.303 e. The van der Waals surface area contributed by atoms with E-state index in [2.05, 4.69) is 5.32 Å². The first-order valence-electron chi connectivity index (χ1n) is 6.34. The maximum absolute atomic E-state index is 12.7. The number of hydrogen-bond acceptors (Lipinski definition) is 3. The van der Waals surface area contributed by atoms with Crippen LogP contribution in [0.25, 0.3) is 0 Å². The van der Waals surface area contributed by atoms with Crippen LogP contribution in [0.2, 0.25) is 0 Å². The van der Waals surface area contributed by atoms with Crippen molar-refractivity contribution in [2.24, 2.45) is 5.41 Å². The molecule has 1 aliphatic carbocycles. The standard InChI is InChI=1S/C14H16FNO3S/c15-10-1-3-11(4-2-10)16-12(17)8-20-9-14(5-6-14)7-13(18)19/h1-4H,5-9H2,(H,16,17)(H,18,19). The van der Waals surface area contributed by atoms with Gasteiger partial charge in [0.25, 0.3) is 0 Å². The average molecular weight is 297 g/mol. The molecule has 1 amide bonds. The van der Waals surface area contributed by atoms with E-state index >= 15 is 0 Å². The Hall–Kier alpha value is -1.56. The molecule has 0 spiro atoms. The molecule has 1 saturated carbocycles. The van der Waals surface area contributed by atoms with E-state index in [9.17, 15) is 14.0 Å². The van der Waals surface area contributed by atoms with Gasteiger partial charge < -0.3 is 10.4 Å². The van der Waals surface area contributed by atoms with Crippen molar-refractivity contribution in [3.05, 3.63) is 30.1 Å². The fraction of sp³-hybridized carbons (Fsp3) is 0.429. The summed E-state index contributed by atoms with van der Waals surface area (Å²) in [6.07, 6.45) is 2.03. The number of carboxylic acid groups (broad SMARTS) is 1. The van der Waals surface area contributed by atoms with Gasteiger partial charge in [-0.15, -0.1) is 0 Å². The minimum atomic E-state index is -0.779. The van der Waals surface area contributed by atoms with Gasteiger partial charge in [-0.1, -0.05) is 0 Å². The van der Waals surface area contributed by atoms with Gasteiger partial charge in [-0.25, -0.2) is 4.39 Å². The number of amides is 1. The molecule has 6 heteroatoms. The van der Waals surface area contributed by atoms with Crippen LogP contribution in [0.1, 0.15) is 19.3 Å². The number of carbonyl (C=O) groups is 2. The van der Waals surface area contributed by atoms with E-state index in [1.807, 2.05) is 0 Å². The number of hydrogen-bond donors (Lipinski definition) is 2. The van der Waals surface area contributed by atoms with Crippen LogP contribution in [0.5, 0.6) is 0 Å². The van der Waals surface area contributed by atoms with Crippen molar-refractivity contribution in [2.45, 2.75) is 19.3 Å². The van der Waals surface area contributed by atoms with Gasteiger partial charge >= 0.3 is 5.97 Å². The highest BCUT2D eigenvalue weighted by molar-refractivity contribution is 8.00. The van der Waals surface area contributed by atoms with Crippen LogP contribution in [0.4, 0.5) is 10.1 Å². The molecule has 2 N–H and O–H groups in total. The first-order valence-corrected chi connectivity index (χ1v) is 7.50. The Morgan fingerprint density at radius 1 is 1.30 bits per heavy atom. The van der Waals surface area contributed by atoms with Crippen LogP contribution in [-0.2, 0) is 9.59 Å². The molecule has 0 saturated heterocycles. The lowest BCUT2D eigenvalue weighted by molar-refractivity contribution is -0.138. The van der Waals surface area contributed by atoms with Gasteiger partial charge in [0.1, 0.15) is 5.82 Å². The summed E-state index contributed by atoms with van der Waals surface area (Å²) in [5.74, 6) is -0.317. The van der Waals surface area contributed by atoms with Gasteiger partial charge in [-0.2, -0.15) is 11.8 Å². The lowest BCUT2D eigenvalue weighted by atomic mass is 10.1. The highest BCUT2D eigenvalue weighted by atomic mass is 32.2. The molecule has 0 aliphatic heterocycles. The number of nitrogens with one attached hydrogen (secondary N) is 1. The maximum atomic E-state index is 12.7. The molecule has 2 rings (SSSR count). The predicted molar refractivity (Wildman–Crippen MR) is 76.3 cm³/mol. The van der Waals surface area contributed by atoms with E-state index in [0.29, 0.717) is 11.4 Å². The third kappa shape index (κ3) is 4.52. The average Bonchev–Trinajstić information content (AvgIpc) is 3.11. The number of benzene rings is 1. The second kappa shape index (κ2) is 6.26. The minimum Gasteiger partial charge on any atom is -0.481 e. The molecule has 4 nitrogen and oxygen atoms in total. The largest absolute Gasteiger partial charge is 0.481 e. The molecular formula is C14H16FNO3S. The zero-order chi connectivity index (χ0) is 14.6. The van der Waals surface area contributed by atoms with Crippen LogP contribution in [0.3, 0.4) is 0 Å². The number of halogens is 1. The summed E-state index contributed by atoms with van der Waals surface area (Å²) in [7, 11) is 0. The van der Waals surface area contributed by atoms with Gasteiger partial charge in [0, 0.05) is 5.69 Å². The number of thioether (sulfide) groups is 1. The third-order valence-corrected chi connectivity index (χ3v) is 4.54. The Morgan fingerprint density at radius 3 is 2.50 bits per heavy atom. The molecule has 1 fully saturated rings. The quantitative estimate of drug-likeness (QED) is 0.812. The van der Waals surface area contributed by atoms with Gasteiger partial charge in [0.2, 0.25) is 5.91 Å². The summed E-state index contributed by atoms with van der Waals surface area (Å²) >= 11 is 1.45. The Kier molecular flexibility index (Phi) is 4.65. The number of rotatable bonds is 7. The molecule has 108 valence electrons. The lowest BCUT2D eigenvalue weighted by Crippen LogP contribution is -2.17. The smallest absolute Gasteiger partial charge is 0.303 e. The van der Waals surface area contributed by atoms with Crippen molar-refractivity contribution in [3.8, 4) is 0 Å². The Balaban J connectivity index is 1.70. The van der Waals surface area contributed by atoms with Crippen LogP contribution in [0, 0.1) is 11.2 Å². The molecule has 0 aromatic heterocycles. The Labute approximate surface area is 120 Å². The summed E-state index contributed by atoms with van der Waals surface area (Å²) in [6, 6.07) is 5.58. The van der Waals surface area contributed by atoms with Gasteiger partial charge in [-0.3, -0.25) is 9.59 Å². The monoisotopic (exact) mass is 297 g/mol. The zero-order valence-electron chi connectivity index (χ0n) is 10.9. The second-order valence-electron chi connectivity index (χ2n) is 5.12. The molecule has 20 heavy (non-hydrogen) atoms. The molecule has 0 bridgehead atoms. The van der Waals surface area contributed by atoms with Crippen LogP contribution >= 0.6 is 11.8 Å². The first-order chi connectivity index (χ1) is 9.49. The molecule has 1 aromatic carbocycles. The SMILES string of the molecule is O=C(O)CC1(CSCC(=O)Nc2ccc(F)cc2)CC1. The summed E-state index contributed by atoms with van der Waals surface area (Å²) in [6.45, 7) is 0. The van der Waals surface area contributed by atoms with E-state index in [1.165, 1.54) is 36.0 Å². The first kappa shape index (κ1) is 14.8.